The van der Waals surface area contributed by atoms with Gasteiger partial charge >= 0.3 is 0 Å². The van der Waals surface area contributed by atoms with Crippen LogP contribution in [0, 0.1) is 6.92 Å². The van der Waals surface area contributed by atoms with Gasteiger partial charge in [-0.1, -0.05) is 12.1 Å². The molecule has 0 saturated carbocycles. The highest BCUT2D eigenvalue weighted by Crippen LogP contribution is 2.24. The van der Waals surface area contributed by atoms with Crippen LogP contribution in [-0.4, -0.2) is 34.7 Å². The number of nitrogens with one attached hydrogen (secondary N) is 1. The summed E-state index contributed by atoms with van der Waals surface area (Å²) in [5, 5.41) is 7.25. The third kappa shape index (κ3) is 3.50. The van der Waals surface area contributed by atoms with Crippen LogP contribution in [0.3, 0.4) is 0 Å². The fraction of sp³-hybridized carbons (Fsp3) is 0.389. The molecule has 2 heterocycles. The van der Waals surface area contributed by atoms with Crippen LogP contribution in [-0.2, 0) is 22.7 Å². The Morgan fingerprint density at radius 2 is 2.20 bits per heavy atom. The summed E-state index contributed by atoms with van der Waals surface area (Å²) in [6.07, 6.45) is 0.349. The lowest BCUT2D eigenvalue weighted by molar-refractivity contribution is -0.126. The fourth-order valence-corrected chi connectivity index (χ4v) is 2.99. The van der Waals surface area contributed by atoms with E-state index >= 15 is 0 Å². The number of carbonyl (C=O) groups is 2. The van der Waals surface area contributed by atoms with E-state index in [1.54, 1.807) is 18.7 Å². The second-order valence-electron chi connectivity index (χ2n) is 6.13. The summed E-state index contributed by atoms with van der Waals surface area (Å²) in [7, 11) is 1.60. The molecule has 1 aliphatic heterocycles. The van der Waals surface area contributed by atoms with Gasteiger partial charge < -0.3 is 10.1 Å². The van der Waals surface area contributed by atoms with Gasteiger partial charge in [0.05, 0.1) is 19.3 Å². The van der Waals surface area contributed by atoms with Crippen LogP contribution in [0.4, 0.5) is 5.82 Å². The highest BCUT2D eigenvalue weighted by Gasteiger charge is 2.32. The molecule has 0 fully saturated rings. The summed E-state index contributed by atoms with van der Waals surface area (Å²) in [5.74, 6) is 1.16. The topological polar surface area (TPSA) is 76.5 Å². The zero-order valence-corrected chi connectivity index (χ0v) is 14.7. The number of hydrogen-bond donors (Lipinski definition) is 1. The van der Waals surface area contributed by atoms with Crippen molar-refractivity contribution in [1.29, 1.82) is 0 Å². The van der Waals surface area contributed by atoms with E-state index in [2.05, 4.69) is 10.4 Å². The maximum Gasteiger partial charge on any atom is 0.243 e. The molecule has 2 aromatic rings. The smallest absolute Gasteiger partial charge is 0.243 e. The van der Waals surface area contributed by atoms with Gasteiger partial charge in [0.15, 0.2) is 0 Å². The number of carbonyl (C=O) groups excluding carboxylic acids is 2. The Bertz CT molecular complexity index is 799. The Kier molecular flexibility index (Phi) is 4.74. The lowest BCUT2D eigenvalue weighted by atomic mass is 10.1. The number of amides is 2. The van der Waals surface area contributed by atoms with Crippen LogP contribution < -0.4 is 15.0 Å². The van der Waals surface area contributed by atoms with Crippen molar-refractivity contribution in [2.75, 3.05) is 12.0 Å². The van der Waals surface area contributed by atoms with Crippen molar-refractivity contribution in [2.24, 2.45) is 0 Å². The molecule has 0 saturated heterocycles. The van der Waals surface area contributed by atoms with Crippen LogP contribution in [0.5, 0.6) is 5.75 Å². The molecule has 132 valence electrons. The molecule has 2 amide bonds. The summed E-state index contributed by atoms with van der Waals surface area (Å²) >= 11 is 0. The third-order valence-corrected chi connectivity index (χ3v) is 4.30. The summed E-state index contributed by atoms with van der Waals surface area (Å²) in [6, 6.07) is 8.74. The first-order chi connectivity index (χ1) is 12.0. The van der Waals surface area contributed by atoms with Crippen molar-refractivity contribution >= 4 is 17.6 Å². The minimum Gasteiger partial charge on any atom is -0.497 e. The summed E-state index contributed by atoms with van der Waals surface area (Å²) < 4.78 is 6.96. The number of aryl methyl sites for hydroxylation is 2. The predicted molar refractivity (Wildman–Crippen MR) is 93.4 cm³/mol. The van der Waals surface area contributed by atoms with Gasteiger partial charge in [-0.05, 0) is 31.5 Å². The minimum atomic E-state index is -0.603. The zero-order chi connectivity index (χ0) is 18.0. The maximum atomic E-state index is 12.6. The number of nitrogens with zero attached hydrogens (tertiary/aromatic N) is 3. The monoisotopic (exact) mass is 342 g/mol. The van der Waals surface area contributed by atoms with Gasteiger partial charge in [0, 0.05) is 19.0 Å². The van der Waals surface area contributed by atoms with Gasteiger partial charge in [-0.2, -0.15) is 5.10 Å². The number of benzene rings is 1. The molecule has 1 atom stereocenters. The number of aromatic nitrogens is 2. The van der Waals surface area contributed by atoms with Crippen LogP contribution in [0.1, 0.15) is 24.6 Å². The standard InChI is InChI=1S/C18H22N4O3/c1-12-9-16-21(20-12)8-7-17(23)22(16)13(2)18(24)19-11-14-5-4-6-15(10-14)25-3/h4-6,9-10,13H,7-8,11H2,1-3H3,(H,19,24)/t13-/m1/s1. The van der Waals surface area contributed by atoms with Gasteiger partial charge in [-0.15, -0.1) is 0 Å². The van der Waals surface area contributed by atoms with E-state index in [9.17, 15) is 9.59 Å². The van der Waals surface area contributed by atoms with Crippen molar-refractivity contribution in [2.45, 2.75) is 39.4 Å². The number of rotatable bonds is 5. The number of methoxy groups -OCH3 is 1. The van der Waals surface area contributed by atoms with Gasteiger partial charge in [-0.3, -0.25) is 14.5 Å². The predicted octanol–water partition coefficient (Wildman–Crippen LogP) is 1.64. The summed E-state index contributed by atoms with van der Waals surface area (Å²) in [5.41, 5.74) is 1.77. The van der Waals surface area contributed by atoms with Crippen LogP contribution in [0.15, 0.2) is 30.3 Å². The largest absolute Gasteiger partial charge is 0.497 e. The normalized spacial score (nSPS) is 14.8. The van der Waals surface area contributed by atoms with Crippen molar-refractivity contribution in [3.05, 3.63) is 41.6 Å². The van der Waals surface area contributed by atoms with E-state index in [-0.39, 0.29) is 11.8 Å². The van der Waals surface area contributed by atoms with Crippen LogP contribution in [0.2, 0.25) is 0 Å². The molecule has 0 unspecified atom stereocenters. The highest BCUT2D eigenvalue weighted by atomic mass is 16.5. The van der Waals surface area contributed by atoms with Crippen molar-refractivity contribution < 1.29 is 14.3 Å². The first-order valence-corrected chi connectivity index (χ1v) is 8.26. The molecule has 25 heavy (non-hydrogen) atoms. The third-order valence-electron chi connectivity index (χ3n) is 4.30. The van der Waals surface area contributed by atoms with Crippen molar-refractivity contribution in [1.82, 2.24) is 15.1 Å². The average molecular weight is 342 g/mol. The van der Waals surface area contributed by atoms with E-state index in [4.69, 9.17) is 4.74 Å². The van der Waals surface area contributed by atoms with E-state index in [0.29, 0.717) is 25.3 Å². The number of hydrogen-bond acceptors (Lipinski definition) is 4. The minimum absolute atomic E-state index is 0.0589. The molecule has 1 aliphatic rings. The average Bonchev–Trinajstić information content (AvgIpc) is 2.99. The molecule has 0 aliphatic carbocycles. The molecular formula is C18H22N4O3. The van der Waals surface area contributed by atoms with Gasteiger partial charge in [-0.25, -0.2) is 4.68 Å². The Morgan fingerprint density at radius 1 is 1.40 bits per heavy atom. The van der Waals surface area contributed by atoms with Gasteiger partial charge in [0.1, 0.15) is 17.6 Å². The molecule has 7 nitrogen and oxygen atoms in total. The fourth-order valence-electron chi connectivity index (χ4n) is 2.99. The van der Waals surface area contributed by atoms with E-state index in [1.165, 1.54) is 4.90 Å². The summed E-state index contributed by atoms with van der Waals surface area (Å²) in [4.78, 5) is 26.5. The van der Waals surface area contributed by atoms with E-state index < -0.39 is 6.04 Å². The molecule has 7 heteroatoms. The lowest BCUT2D eigenvalue weighted by Gasteiger charge is -2.31. The molecule has 3 rings (SSSR count). The van der Waals surface area contributed by atoms with Crippen molar-refractivity contribution in [3.8, 4) is 5.75 Å². The molecule has 0 spiro atoms. The first-order valence-electron chi connectivity index (χ1n) is 8.26. The second-order valence-corrected chi connectivity index (χ2v) is 6.13. The Balaban J connectivity index is 1.70. The van der Waals surface area contributed by atoms with E-state index in [1.807, 2.05) is 37.3 Å². The SMILES string of the molecule is COc1cccc(CNC(=O)[C@@H](C)N2C(=O)CCn3nc(C)cc32)c1. The number of fused-ring (bicyclic) bond motifs is 1. The van der Waals surface area contributed by atoms with E-state index in [0.717, 1.165) is 17.0 Å². The number of ether oxygens (including phenoxy) is 1. The van der Waals surface area contributed by atoms with Crippen molar-refractivity contribution in [3.63, 3.8) is 0 Å². The quantitative estimate of drug-likeness (QED) is 0.896. The molecule has 0 radical (unpaired) electrons. The molecule has 1 N–H and O–H groups in total. The molecule has 0 bridgehead atoms. The van der Waals surface area contributed by atoms with Gasteiger partial charge in [0.2, 0.25) is 11.8 Å². The first kappa shape index (κ1) is 17.0. The second kappa shape index (κ2) is 6.96. The molecular weight excluding hydrogens is 320 g/mol. The Morgan fingerprint density at radius 3 is 2.96 bits per heavy atom. The molecule has 1 aromatic heterocycles. The lowest BCUT2D eigenvalue weighted by Crippen LogP contribution is -2.50. The molecule has 1 aromatic carbocycles. The Hall–Kier alpha value is -2.83. The van der Waals surface area contributed by atoms with Crippen LogP contribution in [0.25, 0.3) is 0 Å². The highest BCUT2D eigenvalue weighted by molar-refractivity contribution is 6.00. The maximum absolute atomic E-state index is 12.6. The van der Waals surface area contributed by atoms with Crippen LogP contribution >= 0.6 is 0 Å². The number of anilines is 1. The Labute approximate surface area is 146 Å². The zero-order valence-electron chi connectivity index (χ0n) is 14.7. The summed E-state index contributed by atoms with van der Waals surface area (Å²) in [6.45, 7) is 4.54. The van der Waals surface area contributed by atoms with Gasteiger partial charge in [0.25, 0.3) is 0 Å².